The van der Waals surface area contributed by atoms with E-state index in [2.05, 4.69) is 6.42 Å². The molecule has 0 atom stereocenters. The minimum atomic E-state index is -0.363. The number of hydrogen-bond donors (Lipinski definition) is 0. The summed E-state index contributed by atoms with van der Waals surface area (Å²) in [5.74, 6) is 0. The number of hydrogen-bond acceptors (Lipinski definition) is 2. The van der Waals surface area contributed by atoms with Crippen molar-refractivity contribution in [3.8, 4) is 11.1 Å². The van der Waals surface area contributed by atoms with Gasteiger partial charge in [0.05, 0.1) is 16.9 Å². The number of nitro benzene ring substituents is 1. The number of nitro groups is 1. The van der Waals surface area contributed by atoms with Gasteiger partial charge in [-0.1, -0.05) is 36.4 Å². The predicted molar refractivity (Wildman–Crippen MR) is 60.0 cm³/mol. The second-order valence-electron chi connectivity index (χ2n) is 3.63. The van der Waals surface area contributed by atoms with Gasteiger partial charge in [-0.25, -0.2) is 0 Å². The highest BCUT2D eigenvalue weighted by molar-refractivity contribution is 5.84. The molecule has 1 aliphatic carbocycles. The summed E-state index contributed by atoms with van der Waals surface area (Å²) in [6.45, 7) is 0. The zero-order valence-electron chi connectivity index (χ0n) is 8.31. The summed E-state index contributed by atoms with van der Waals surface area (Å²) >= 11 is 0. The van der Waals surface area contributed by atoms with Crippen LogP contribution in [0.1, 0.15) is 11.1 Å². The van der Waals surface area contributed by atoms with Gasteiger partial charge in [0.25, 0.3) is 5.69 Å². The highest BCUT2D eigenvalue weighted by Gasteiger charge is 2.26. The third kappa shape index (κ3) is 1.15. The average Bonchev–Trinajstić information content (AvgIpc) is 2.67. The van der Waals surface area contributed by atoms with Crippen LogP contribution >= 0.6 is 0 Å². The molecule has 0 saturated carbocycles. The molecule has 0 spiro atoms. The molecule has 76 valence electrons. The Kier molecular flexibility index (Phi) is 1.80. The molecule has 0 heterocycles. The fourth-order valence-corrected chi connectivity index (χ4v) is 2.01. The molecule has 0 N–H and O–H groups in total. The zero-order valence-corrected chi connectivity index (χ0v) is 8.31. The Balaban J connectivity index is 2.28. The first kappa shape index (κ1) is 9.09. The number of rotatable bonds is 1. The van der Waals surface area contributed by atoms with E-state index in [4.69, 9.17) is 0 Å². The first-order chi connectivity index (χ1) is 7.77. The van der Waals surface area contributed by atoms with Crippen molar-refractivity contribution in [3.05, 3.63) is 70.1 Å². The lowest BCUT2D eigenvalue weighted by Crippen LogP contribution is -1.92. The first-order valence-electron chi connectivity index (χ1n) is 4.91. The van der Waals surface area contributed by atoms with Crippen molar-refractivity contribution in [2.45, 2.75) is 0 Å². The molecule has 0 saturated heterocycles. The van der Waals surface area contributed by atoms with Crippen LogP contribution in [0.4, 0.5) is 5.69 Å². The standard InChI is InChI=1S/C13H7NO2/c15-14(16)13-7-3-6-11-10-5-2-1-4-9(10)8-12(11)13/h1-7H. The van der Waals surface area contributed by atoms with E-state index >= 15 is 0 Å². The second-order valence-corrected chi connectivity index (χ2v) is 3.63. The lowest BCUT2D eigenvalue weighted by molar-refractivity contribution is -0.385. The van der Waals surface area contributed by atoms with Crippen LogP contribution in [-0.2, 0) is 0 Å². The Morgan fingerprint density at radius 1 is 1.00 bits per heavy atom. The Morgan fingerprint density at radius 2 is 1.75 bits per heavy atom. The Bertz CT molecular complexity index is 590. The van der Waals surface area contributed by atoms with Gasteiger partial charge in [0.1, 0.15) is 0 Å². The lowest BCUT2D eigenvalue weighted by Gasteiger charge is -2.00. The molecule has 1 aliphatic rings. The summed E-state index contributed by atoms with van der Waals surface area (Å²) in [6.07, 6.45) is 3.09. The summed E-state index contributed by atoms with van der Waals surface area (Å²) in [4.78, 5) is 10.5. The molecular formula is C13H7NO2. The third-order valence-corrected chi connectivity index (χ3v) is 2.72. The normalized spacial score (nSPS) is 12.0. The molecule has 0 unspecified atom stereocenters. The Hall–Kier alpha value is -2.16. The molecule has 0 aromatic heterocycles. The van der Waals surface area contributed by atoms with Crippen molar-refractivity contribution in [2.75, 3.05) is 0 Å². The van der Waals surface area contributed by atoms with Gasteiger partial charge in [-0.05, 0) is 16.7 Å². The average molecular weight is 209 g/mol. The van der Waals surface area contributed by atoms with Crippen LogP contribution in [0.3, 0.4) is 0 Å². The second kappa shape index (κ2) is 3.17. The molecule has 3 nitrogen and oxygen atoms in total. The van der Waals surface area contributed by atoms with Crippen LogP contribution in [0, 0.1) is 16.5 Å². The van der Waals surface area contributed by atoms with Crippen LogP contribution in [0.2, 0.25) is 0 Å². The molecule has 0 bridgehead atoms. The topological polar surface area (TPSA) is 43.1 Å². The third-order valence-electron chi connectivity index (χ3n) is 2.72. The summed E-state index contributed by atoms with van der Waals surface area (Å²) in [5.41, 5.74) is 3.54. The molecule has 0 fully saturated rings. The minimum Gasteiger partial charge on any atom is -0.258 e. The van der Waals surface area contributed by atoms with E-state index in [1.807, 2.05) is 30.3 Å². The van der Waals surface area contributed by atoms with Gasteiger partial charge < -0.3 is 0 Å². The largest absolute Gasteiger partial charge is 0.274 e. The van der Waals surface area contributed by atoms with Crippen LogP contribution in [0.25, 0.3) is 11.1 Å². The van der Waals surface area contributed by atoms with Crippen LogP contribution < -0.4 is 0 Å². The lowest BCUT2D eigenvalue weighted by atomic mass is 10.1. The van der Waals surface area contributed by atoms with Gasteiger partial charge in [-0.15, -0.1) is 0 Å². The summed E-state index contributed by atoms with van der Waals surface area (Å²) < 4.78 is 0. The van der Waals surface area contributed by atoms with E-state index < -0.39 is 0 Å². The van der Waals surface area contributed by atoms with Gasteiger partial charge in [-0.3, -0.25) is 10.1 Å². The highest BCUT2D eigenvalue weighted by atomic mass is 16.6. The molecule has 0 amide bonds. The van der Waals surface area contributed by atoms with Crippen molar-refractivity contribution in [3.63, 3.8) is 0 Å². The van der Waals surface area contributed by atoms with Gasteiger partial charge >= 0.3 is 0 Å². The number of benzene rings is 2. The smallest absolute Gasteiger partial charge is 0.258 e. The number of nitrogens with zero attached hydrogens (tertiary/aromatic N) is 1. The molecule has 0 aliphatic heterocycles. The number of fused-ring (bicyclic) bond motifs is 3. The maximum absolute atomic E-state index is 10.9. The van der Waals surface area contributed by atoms with Crippen molar-refractivity contribution >= 4 is 5.69 Å². The van der Waals surface area contributed by atoms with Gasteiger partial charge in [-0.2, -0.15) is 0 Å². The Morgan fingerprint density at radius 3 is 2.56 bits per heavy atom. The van der Waals surface area contributed by atoms with E-state index in [0.29, 0.717) is 5.56 Å². The van der Waals surface area contributed by atoms with E-state index in [-0.39, 0.29) is 10.6 Å². The minimum absolute atomic E-state index is 0.119. The van der Waals surface area contributed by atoms with E-state index in [1.54, 1.807) is 6.07 Å². The summed E-state index contributed by atoms with van der Waals surface area (Å²) in [7, 11) is 0. The molecule has 2 radical (unpaired) electrons. The Labute approximate surface area is 92.5 Å². The summed E-state index contributed by atoms with van der Waals surface area (Å²) in [6, 6.07) is 12.8. The molecular weight excluding hydrogens is 202 g/mol. The van der Waals surface area contributed by atoms with Gasteiger partial charge in [0.2, 0.25) is 0 Å². The zero-order chi connectivity index (χ0) is 11.1. The van der Waals surface area contributed by atoms with Crippen molar-refractivity contribution < 1.29 is 4.92 Å². The molecule has 3 rings (SSSR count). The van der Waals surface area contributed by atoms with E-state index in [0.717, 1.165) is 16.7 Å². The van der Waals surface area contributed by atoms with E-state index in [9.17, 15) is 10.1 Å². The van der Waals surface area contributed by atoms with Crippen molar-refractivity contribution in [2.24, 2.45) is 0 Å². The maximum Gasteiger partial charge on any atom is 0.274 e. The van der Waals surface area contributed by atoms with Gasteiger partial charge in [0.15, 0.2) is 0 Å². The monoisotopic (exact) mass is 209 g/mol. The fourth-order valence-electron chi connectivity index (χ4n) is 2.01. The predicted octanol–water partition coefficient (Wildman–Crippen LogP) is 3.05. The van der Waals surface area contributed by atoms with Crippen LogP contribution in [0.15, 0.2) is 42.5 Å². The molecule has 2 aromatic carbocycles. The van der Waals surface area contributed by atoms with Gasteiger partial charge in [0, 0.05) is 6.07 Å². The SMILES string of the molecule is O=[N+]([O-])c1cccc2c1[C]c1ccccc1-2. The fraction of sp³-hybridized carbons (Fsp3) is 0. The maximum atomic E-state index is 10.9. The highest BCUT2D eigenvalue weighted by Crippen LogP contribution is 2.41. The summed E-state index contributed by atoms with van der Waals surface area (Å²) in [5, 5.41) is 10.9. The van der Waals surface area contributed by atoms with Crippen molar-refractivity contribution in [1.82, 2.24) is 0 Å². The molecule has 2 aromatic rings. The van der Waals surface area contributed by atoms with Crippen molar-refractivity contribution in [1.29, 1.82) is 0 Å². The first-order valence-corrected chi connectivity index (χ1v) is 4.91. The molecule has 16 heavy (non-hydrogen) atoms. The van der Waals surface area contributed by atoms with Crippen LogP contribution in [0.5, 0.6) is 0 Å². The van der Waals surface area contributed by atoms with Crippen LogP contribution in [-0.4, -0.2) is 4.92 Å². The quantitative estimate of drug-likeness (QED) is 0.456. The molecule has 3 heteroatoms. The van der Waals surface area contributed by atoms with E-state index in [1.165, 1.54) is 6.07 Å².